The van der Waals surface area contributed by atoms with Gasteiger partial charge in [-0.15, -0.1) is 0 Å². The number of aliphatic hydroxyl groups is 1. The Morgan fingerprint density at radius 2 is 1.84 bits per heavy atom. The molecule has 0 radical (unpaired) electrons. The van der Waals surface area contributed by atoms with Crippen LogP contribution in [0.3, 0.4) is 0 Å². The van der Waals surface area contributed by atoms with Crippen molar-refractivity contribution in [3.05, 3.63) is 0 Å². The summed E-state index contributed by atoms with van der Waals surface area (Å²) < 4.78 is 22.2. The topological polar surface area (TPSA) is 89.7 Å². The Morgan fingerprint density at radius 1 is 1.16 bits per heavy atom. The minimum atomic E-state index is -0.938. The third kappa shape index (κ3) is 3.24. The summed E-state index contributed by atoms with van der Waals surface area (Å²) in [6, 6.07) is 0. The zero-order valence-corrected chi connectivity index (χ0v) is 11.6. The van der Waals surface area contributed by atoms with Gasteiger partial charge >= 0.3 is 0 Å². The lowest BCUT2D eigenvalue weighted by molar-refractivity contribution is -0.178. The molecule has 2 fully saturated rings. The Morgan fingerprint density at radius 3 is 2.37 bits per heavy atom. The lowest BCUT2D eigenvalue weighted by Gasteiger charge is -2.25. The van der Waals surface area contributed by atoms with Gasteiger partial charge in [0.2, 0.25) is 0 Å². The van der Waals surface area contributed by atoms with E-state index in [2.05, 4.69) is 5.16 Å². The highest BCUT2D eigenvalue weighted by Crippen LogP contribution is 2.33. The maximum Gasteiger partial charge on any atom is 0.164 e. The molecule has 19 heavy (non-hydrogen) atoms. The second kappa shape index (κ2) is 4.99. The Balaban J connectivity index is 2.07. The third-order valence-electron chi connectivity index (χ3n) is 3.13. The summed E-state index contributed by atoms with van der Waals surface area (Å²) in [6.45, 7) is 7.30. The average Bonchev–Trinajstić information content (AvgIpc) is 2.78. The number of hydrogen-bond acceptors (Lipinski definition) is 7. The van der Waals surface area contributed by atoms with Crippen LogP contribution in [-0.2, 0) is 18.9 Å². The molecule has 7 heteroatoms. The van der Waals surface area contributed by atoms with Crippen molar-refractivity contribution in [3.63, 3.8) is 0 Å². The van der Waals surface area contributed by atoms with Crippen molar-refractivity contribution in [2.75, 3.05) is 6.61 Å². The van der Waals surface area contributed by atoms with Crippen molar-refractivity contribution in [3.8, 4) is 0 Å². The van der Waals surface area contributed by atoms with Gasteiger partial charge in [0.15, 0.2) is 11.6 Å². The molecule has 110 valence electrons. The van der Waals surface area contributed by atoms with E-state index in [1.54, 1.807) is 27.7 Å². The van der Waals surface area contributed by atoms with Gasteiger partial charge in [0.25, 0.3) is 0 Å². The molecular formula is C12H21NO6. The summed E-state index contributed by atoms with van der Waals surface area (Å²) in [4.78, 5) is 0. The molecule has 0 bridgehead atoms. The van der Waals surface area contributed by atoms with E-state index in [1.807, 2.05) is 0 Å². The maximum absolute atomic E-state index is 10.4. The molecule has 2 heterocycles. The van der Waals surface area contributed by atoms with Crippen LogP contribution in [0.25, 0.3) is 0 Å². The van der Waals surface area contributed by atoms with Crippen LogP contribution in [0.1, 0.15) is 27.7 Å². The van der Waals surface area contributed by atoms with E-state index in [4.69, 9.17) is 24.2 Å². The van der Waals surface area contributed by atoms with Crippen molar-refractivity contribution in [2.45, 2.75) is 63.7 Å². The fraction of sp³-hybridized carbons (Fsp3) is 0.917. The molecule has 7 nitrogen and oxygen atoms in total. The van der Waals surface area contributed by atoms with Gasteiger partial charge in [-0.25, -0.2) is 0 Å². The Hall–Kier alpha value is -0.730. The maximum atomic E-state index is 10.4. The van der Waals surface area contributed by atoms with Crippen molar-refractivity contribution < 1.29 is 29.3 Å². The first kappa shape index (κ1) is 14.7. The average molecular weight is 275 g/mol. The Bertz CT molecular complexity index is 356. The van der Waals surface area contributed by atoms with Gasteiger partial charge in [-0.3, -0.25) is 0 Å². The highest BCUT2D eigenvalue weighted by Gasteiger charge is 2.49. The summed E-state index contributed by atoms with van der Waals surface area (Å²) in [5.41, 5.74) is 0. The molecule has 0 aromatic carbocycles. The molecule has 4 atom stereocenters. The van der Waals surface area contributed by atoms with Crippen LogP contribution in [0.2, 0.25) is 0 Å². The quantitative estimate of drug-likeness (QED) is 0.442. The molecular weight excluding hydrogens is 254 g/mol. The molecule has 2 aliphatic rings. The molecule has 0 aromatic heterocycles. The fourth-order valence-corrected chi connectivity index (χ4v) is 2.36. The van der Waals surface area contributed by atoms with E-state index in [-0.39, 0.29) is 6.61 Å². The first-order valence-corrected chi connectivity index (χ1v) is 6.27. The Labute approximate surface area is 112 Å². The van der Waals surface area contributed by atoms with Gasteiger partial charge in [0.05, 0.1) is 12.8 Å². The van der Waals surface area contributed by atoms with E-state index in [1.165, 1.54) is 6.21 Å². The lowest BCUT2D eigenvalue weighted by atomic mass is 10.0. The van der Waals surface area contributed by atoms with Gasteiger partial charge in [-0.05, 0) is 27.7 Å². The third-order valence-corrected chi connectivity index (χ3v) is 3.13. The molecule has 0 amide bonds. The van der Waals surface area contributed by atoms with Crippen LogP contribution in [0.15, 0.2) is 5.16 Å². The van der Waals surface area contributed by atoms with Crippen LogP contribution in [0.4, 0.5) is 0 Å². The van der Waals surface area contributed by atoms with Crippen molar-refractivity contribution in [1.29, 1.82) is 0 Å². The standard InChI is InChI=1S/C12H21NO6/c1-11(2)16-6-8(18-11)9(14)10-7(5-13-15)17-12(3,4)19-10/h5,7-10,14-15H,6H2,1-4H3/t7-,8+,9-,10-/m1/s1. The largest absolute Gasteiger partial charge is 0.411 e. The van der Waals surface area contributed by atoms with Crippen LogP contribution in [0, 0.1) is 0 Å². The lowest BCUT2D eigenvalue weighted by Crippen LogP contribution is -2.45. The molecule has 0 spiro atoms. The summed E-state index contributed by atoms with van der Waals surface area (Å²) >= 11 is 0. The normalized spacial score (nSPS) is 38.9. The van der Waals surface area contributed by atoms with E-state index in [0.717, 1.165) is 0 Å². The monoisotopic (exact) mass is 275 g/mol. The minimum absolute atomic E-state index is 0.275. The van der Waals surface area contributed by atoms with Crippen LogP contribution < -0.4 is 0 Å². The van der Waals surface area contributed by atoms with Gasteiger partial charge < -0.3 is 29.3 Å². The molecule has 0 unspecified atom stereocenters. The SMILES string of the molecule is CC1(C)OC[C@@H]([C@@H](O)[C@@H]2OC(C)(C)O[C@@H]2C=NO)O1. The summed E-state index contributed by atoms with van der Waals surface area (Å²) in [5.74, 6) is -1.58. The van der Waals surface area contributed by atoms with Gasteiger partial charge in [0.1, 0.15) is 24.4 Å². The van der Waals surface area contributed by atoms with Crippen LogP contribution in [0.5, 0.6) is 0 Å². The molecule has 0 aliphatic carbocycles. The van der Waals surface area contributed by atoms with Gasteiger partial charge in [0, 0.05) is 0 Å². The van der Waals surface area contributed by atoms with Gasteiger partial charge in [-0.1, -0.05) is 5.16 Å². The van der Waals surface area contributed by atoms with E-state index in [9.17, 15) is 5.11 Å². The zero-order valence-electron chi connectivity index (χ0n) is 11.6. The van der Waals surface area contributed by atoms with Crippen molar-refractivity contribution in [1.82, 2.24) is 0 Å². The van der Waals surface area contributed by atoms with Gasteiger partial charge in [-0.2, -0.15) is 0 Å². The van der Waals surface area contributed by atoms with Crippen molar-refractivity contribution >= 4 is 6.21 Å². The van der Waals surface area contributed by atoms with Crippen LogP contribution in [-0.4, -0.2) is 59.1 Å². The minimum Gasteiger partial charge on any atom is -0.411 e. The number of ether oxygens (including phenoxy) is 4. The number of oxime groups is 1. The number of aliphatic hydroxyl groups excluding tert-OH is 1. The first-order chi connectivity index (χ1) is 8.74. The second-order valence-corrected chi connectivity index (χ2v) is 5.69. The van der Waals surface area contributed by atoms with E-state index >= 15 is 0 Å². The second-order valence-electron chi connectivity index (χ2n) is 5.69. The molecule has 2 rings (SSSR count). The van der Waals surface area contributed by atoms with E-state index in [0.29, 0.717) is 0 Å². The summed E-state index contributed by atoms with van der Waals surface area (Å²) in [7, 11) is 0. The molecule has 2 N–H and O–H groups in total. The highest BCUT2D eigenvalue weighted by molar-refractivity contribution is 5.64. The zero-order chi connectivity index (χ0) is 14.3. The summed E-state index contributed by atoms with van der Waals surface area (Å²) in [6.07, 6.45) is -1.56. The highest BCUT2D eigenvalue weighted by atomic mass is 16.8. The molecule has 0 aromatic rings. The molecule has 2 saturated heterocycles. The number of hydrogen-bond donors (Lipinski definition) is 2. The van der Waals surface area contributed by atoms with Crippen molar-refractivity contribution in [2.24, 2.45) is 5.16 Å². The first-order valence-electron chi connectivity index (χ1n) is 6.27. The Kier molecular flexibility index (Phi) is 3.85. The fourth-order valence-electron chi connectivity index (χ4n) is 2.36. The number of rotatable bonds is 3. The summed E-state index contributed by atoms with van der Waals surface area (Å²) in [5, 5.41) is 22.0. The predicted molar refractivity (Wildman–Crippen MR) is 65.0 cm³/mol. The predicted octanol–water partition coefficient (Wildman–Crippen LogP) is 0.479. The van der Waals surface area contributed by atoms with Crippen LogP contribution >= 0.6 is 0 Å². The smallest absolute Gasteiger partial charge is 0.164 e. The molecule has 0 saturated carbocycles. The molecule has 2 aliphatic heterocycles. The van der Waals surface area contributed by atoms with E-state index < -0.39 is 36.0 Å². The number of nitrogens with zero attached hydrogens (tertiary/aromatic N) is 1.